The van der Waals surface area contributed by atoms with Crippen LogP contribution in [0.5, 0.6) is 0 Å². The summed E-state index contributed by atoms with van der Waals surface area (Å²) in [5.74, 6) is -0.667. The predicted molar refractivity (Wildman–Crippen MR) is 91.8 cm³/mol. The molecule has 2 aromatic carbocycles. The summed E-state index contributed by atoms with van der Waals surface area (Å²) in [5.41, 5.74) is 3.58. The van der Waals surface area contributed by atoms with E-state index in [4.69, 9.17) is 4.74 Å². The van der Waals surface area contributed by atoms with Gasteiger partial charge in [-0.2, -0.15) is 0 Å². The lowest BCUT2D eigenvalue weighted by Crippen LogP contribution is -2.24. The molecule has 0 N–H and O–H groups in total. The van der Waals surface area contributed by atoms with E-state index in [9.17, 15) is 9.59 Å². The Balaban J connectivity index is 1.73. The Hall–Kier alpha value is -1.94. The van der Waals surface area contributed by atoms with Gasteiger partial charge in [0.2, 0.25) is 5.78 Å². The SMILES string of the molecule is C[C@H](OC(=O)c1ccccc1Br)C(=O)c1ccc2c(c1)CCC2. The fraction of sp³-hybridized carbons (Fsp3) is 0.263. The monoisotopic (exact) mass is 372 g/mol. The highest BCUT2D eigenvalue weighted by atomic mass is 79.9. The minimum atomic E-state index is -0.811. The molecule has 1 aliphatic carbocycles. The van der Waals surface area contributed by atoms with Crippen LogP contribution < -0.4 is 0 Å². The number of halogens is 1. The van der Waals surface area contributed by atoms with E-state index in [2.05, 4.69) is 15.9 Å². The third kappa shape index (κ3) is 3.37. The van der Waals surface area contributed by atoms with Crippen LogP contribution in [-0.4, -0.2) is 17.9 Å². The van der Waals surface area contributed by atoms with Crippen LogP contribution in [0.4, 0.5) is 0 Å². The van der Waals surface area contributed by atoms with Gasteiger partial charge in [0, 0.05) is 10.0 Å². The van der Waals surface area contributed by atoms with Crippen LogP contribution in [0.25, 0.3) is 0 Å². The number of Topliss-reactive ketones (excluding diaryl/α,β-unsaturated/α-hetero) is 1. The Morgan fingerprint density at radius 3 is 2.61 bits per heavy atom. The molecule has 0 radical (unpaired) electrons. The Bertz CT molecular complexity index is 767. The maximum Gasteiger partial charge on any atom is 0.339 e. The van der Waals surface area contributed by atoms with Crippen LogP contribution in [0.2, 0.25) is 0 Å². The maximum atomic E-state index is 12.5. The van der Waals surface area contributed by atoms with Gasteiger partial charge < -0.3 is 4.74 Å². The molecule has 0 aromatic heterocycles. The average Bonchev–Trinajstić information content (AvgIpc) is 3.01. The number of hydrogen-bond acceptors (Lipinski definition) is 3. The molecular weight excluding hydrogens is 356 g/mol. The predicted octanol–water partition coefficient (Wildman–Crippen LogP) is 4.37. The van der Waals surface area contributed by atoms with Crippen LogP contribution in [0, 0.1) is 0 Å². The highest BCUT2D eigenvalue weighted by Gasteiger charge is 2.22. The highest BCUT2D eigenvalue weighted by molar-refractivity contribution is 9.10. The minimum absolute atomic E-state index is 0.167. The van der Waals surface area contributed by atoms with E-state index in [1.807, 2.05) is 24.3 Å². The van der Waals surface area contributed by atoms with Crippen LogP contribution in [0.15, 0.2) is 46.9 Å². The van der Waals surface area contributed by atoms with E-state index >= 15 is 0 Å². The van der Waals surface area contributed by atoms with Gasteiger partial charge in [0.05, 0.1) is 5.56 Å². The Kier molecular flexibility index (Phi) is 4.62. The van der Waals surface area contributed by atoms with Gasteiger partial charge in [0.1, 0.15) is 0 Å². The summed E-state index contributed by atoms with van der Waals surface area (Å²) in [5, 5.41) is 0. The van der Waals surface area contributed by atoms with Gasteiger partial charge in [-0.25, -0.2) is 4.79 Å². The second-order valence-electron chi connectivity index (χ2n) is 5.73. The van der Waals surface area contributed by atoms with Crippen molar-refractivity contribution in [2.45, 2.75) is 32.3 Å². The first-order chi connectivity index (χ1) is 11.1. The van der Waals surface area contributed by atoms with Gasteiger partial charge >= 0.3 is 5.97 Å². The topological polar surface area (TPSA) is 43.4 Å². The molecule has 0 unspecified atom stereocenters. The molecule has 0 saturated heterocycles. The van der Waals surface area contributed by atoms with Crippen LogP contribution in [-0.2, 0) is 17.6 Å². The summed E-state index contributed by atoms with van der Waals surface area (Å²) < 4.78 is 5.99. The molecule has 1 atom stereocenters. The van der Waals surface area contributed by atoms with Gasteiger partial charge in [0.15, 0.2) is 6.10 Å². The van der Waals surface area contributed by atoms with E-state index in [1.54, 1.807) is 25.1 Å². The third-order valence-corrected chi connectivity index (χ3v) is 4.82. The Labute approximate surface area is 143 Å². The number of carbonyl (C=O) groups is 2. The molecule has 0 saturated carbocycles. The lowest BCUT2D eigenvalue weighted by atomic mass is 10.0. The number of fused-ring (bicyclic) bond motifs is 1. The second kappa shape index (κ2) is 6.67. The number of benzene rings is 2. The van der Waals surface area contributed by atoms with Crippen molar-refractivity contribution in [3.63, 3.8) is 0 Å². The molecule has 4 heteroatoms. The molecule has 0 spiro atoms. The standard InChI is InChI=1S/C19H17BrO3/c1-12(23-19(22)16-7-2-3-8-17(16)20)18(21)15-10-9-13-5-4-6-14(13)11-15/h2-3,7-12H,4-6H2,1H3/t12-/m0/s1. The molecule has 0 fully saturated rings. The van der Waals surface area contributed by atoms with Gasteiger partial charge in [-0.3, -0.25) is 4.79 Å². The van der Waals surface area contributed by atoms with Crippen molar-refractivity contribution in [2.75, 3.05) is 0 Å². The van der Waals surface area contributed by atoms with E-state index in [0.717, 1.165) is 19.3 Å². The second-order valence-corrected chi connectivity index (χ2v) is 6.58. The molecule has 3 rings (SSSR count). The molecule has 0 bridgehead atoms. The van der Waals surface area contributed by atoms with Crippen LogP contribution in [0.3, 0.4) is 0 Å². The van der Waals surface area contributed by atoms with Gasteiger partial charge in [-0.15, -0.1) is 0 Å². The molecule has 2 aromatic rings. The smallest absolute Gasteiger partial charge is 0.339 e. The fourth-order valence-corrected chi connectivity index (χ4v) is 3.31. The summed E-state index contributed by atoms with van der Waals surface area (Å²) in [6, 6.07) is 12.8. The first kappa shape index (κ1) is 15.9. The van der Waals surface area contributed by atoms with Crippen molar-refractivity contribution in [3.05, 3.63) is 69.2 Å². The molecule has 0 heterocycles. The Morgan fingerprint density at radius 2 is 1.83 bits per heavy atom. The summed E-state index contributed by atoms with van der Waals surface area (Å²) in [4.78, 5) is 24.7. The van der Waals surface area contributed by atoms with Crippen molar-refractivity contribution >= 4 is 27.7 Å². The molecule has 118 valence electrons. The molecular formula is C19H17BrO3. The normalized spacial score (nSPS) is 14.2. The Morgan fingerprint density at radius 1 is 1.09 bits per heavy atom. The van der Waals surface area contributed by atoms with E-state index in [-0.39, 0.29) is 5.78 Å². The number of rotatable bonds is 4. The van der Waals surface area contributed by atoms with Crippen LogP contribution in [0.1, 0.15) is 45.2 Å². The largest absolute Gasteiger partial charge is 0.451 e. The van der Waals surface area contributed by atoms with Crippen LogP contribution >= 0.6 is 15.9 Å². The van der Waals surface area contributed by atoms with Gasteiger partial charge in [-0.05, 0) is 71.4 Å². The maximum absolute atomic E-state index is 12.5. The number of ether oxygens (including phenoxy) is 1. The van der Waals surface area contributed by atoms with Crippen molar-refractivity contribution in [3.8, 4) is 0 Å². The van der Waals surface area contributed by atoms with Gasteiger partial charge in [0.25, 0.3) is 0 Å². The summed E-state index contributed by atoms with van der Waals surface area (Å²) in [6.45, 7) is 1.62. The van der Waals surface area contributed by atoms with Crippen molar-refractivity contribution in [1.29, 1.82) is 0 Å². The van der Waals surface area contributed by atoms with Crippen molar-refractivity contribution < 1.29 is 14.3 Å². The minimum Gasteiger partial charge on any atom is -0.451 e. The van der Waals surface area contributed by atoms with E-state index in [0.29, 0.717) is 15.6 Å². The number of esters is 1. The third-order valence-electron chi connectivity index (χ3n) is 4.13. The number of carbonyl (C=O) groups excluding carboxylic acids is 2. The summed E-state index contributed by atoms with van der Waals surface area (Å²) in [6.07, 6.45) is 2.42. The first-order valence-corrected chi connectivity index (χ1v) is 8.47. The fourth-order valence-electron chi connectivity index (χ4n) is 2.86. The summed E-state index contributed by atoms with van der Waals surface area (Å²) >= 11 is 3.32. The summed E-state index contributed by atoms with van der Waals surface area (Å²) in [7, 11) is 0. The van der Waals surface area contributed by atoms with Crippen molar-refractivity contribution in [1.82, 2.24) is 0 Å². The first-order valence-electron chi connectivity index (χ1n) is 7.68. The quantitative estimate of drug-likeness (QED) is 0.591. The number of hydrogen-bond donors (Lipinski definition) is 0. The van der Waals surface area contributed by atoms with Crippen molar-refractivity contribution in [2.24, 2.45) is 0 Å². The average molecular weight is 373 g/mol. The zero-order valence-corrected chi connectivity index (χ0v) is 14.4. The molecule has 0 aliphatic heterocycles. The highest BCUT2D eigenvalue weighted by Crippen LogP contribution is 2.24. The molecule has 0 amide bonds. The number of aryl methyl sites for hydroxylation is 2. The molecule has 23 heavy (non-hydrogen) atoms. The number of ketones is 1. The van der Waals surface area contributed by atoms with E-state index in [1.165, 1.54) is 11.1 Å². The molecule has 3 nitrogen and oxygen atoms in total. The zero-order valence-electron chi connectivity index (χ0n) is 12.8. The van der Waals surface area contributed by atoms with Gasteiger partial charge in [-0.1, -0.05) is 24.3 Å². The zero-order chi connectivity index (χ0) is 16.4. The lowest BCUT2D eigenvalue weighted by molar-refractivity contribution is 0.0318. The molecule has 1 aliphatic rings. The lowest BCUT2D eigenvalue weighted by Gasteiger charge is -2.13. The van der Waals surface area contributed by atoms with E-state index < -0.39 is 12.1 Å².